The van der Waals surface area contributed by atoms with Crippen LogP contribution >= 0.6 is 0 Å². The van der Waals surface area contributed by atoms with E-state index in [0.29, 0.717) is 5.69 Å². The van der Waals surface area contributed by atoms with Crippen molar-refractivity contribution in [2.75, 3.05) is 5.32 Å². The summed E-state index contributed by atoms with van der Waals surface area (Å²) in [4.78, 5) is 16.0. The molecule has 1 N–H and O–H groups in total. The van der Waals surface area contributed by atoms with Crippen LogP contribution in [0.4, 0.5) is 23.2 Å². The molecule has 0 radical (unpaired) electrons. The van der Waals surface area contributed by atoms with E-state index in [0.717, 1.165) is 37.1 Å². The summed E-state index contributed by atoms with van der Waals surface area (Å²) in [6.45, 7) is 1.92. The number of nitrogens with one attached hydrogen (secondary N) is 1. The van der Waals surface area contributed by atoms with Gasteiger partial charge in [-0.2, -0.15) is 13.2 Å². The highest BCUT2D eigenvalue weighted by Crippen LogP contribution is 2.71. The number of ketones is 1. The van der Waals surface area contributed by atoms with Crippen molar-refractivity contribution in [2.45, 2.75) is 44.3 Å². The molecule has 3 aliphatic rings. The molecule has 1 aromatic carbocycles. The van der Waals surface area contributed by atoms with E-state index >= 15 is 0 Å². The number of anilines is 1. The molecule has 0 amide bonds. The third kappa shape index (κ3) is 3.27. The highest BCUT2D eigenvalue weighted by atomic mass is 19.4. The first-order valence-electron chi connectivity index (χ1n) is 9.20. The highest BCUT2D eigenvalue weighted by Gasteiger charge is 2.70. The van der Waals surface area contributed by atoms with Gasteiger partial charge in [0.15, 0.2) is 0 Å². The van der Waals surface area contributed by atoms with E-state index in [2.05, 4.69) is 10.3 Å². The first-order chi connectivity index (χ1) is 13.1. The van der Waals surface area contributed by atoms with Crippen LogP contribution in [0, 0.1) is 17.2 Å². The molecule has 3 nitrogen and oxygen atoms in total. The van der Waals surface area contributed by atoms with Gasteiger partial charge in [0, 0.05) is 29.8 Å². The fraction of sp³-hybridized carbons (Fsp3) is 0.429. The van der Waals surface area contributed by atoms with Crippen molar-refractivity contribution in [1.82, 2.24) is 4.98 Å². The third-order valence-electron chi connectivity index (χ3n) is 6.22. The smallest absolute Gasteiger partial charge is 0.379 e. The monoisotopic (exact) mass is 392 g/mol. The molecule has 28 heavy (non-hydrogen) atoms. The molecule has 3 saturated carbocycles. The third-order valence-corrected chi connectivity index (χ3v) is 6.22. The van der Waals surface area contributed by atoms with Crippen LogP contribution in [0.5, 0.6) is 0 Å². The van der Waals surface area contributed by atoms with Crippen LogP contribution < -0.4 is 5.32 Å². The normalized spacial score (nSPS) is 26.8. The molecule has 0 saturated heterocycles. The first kappa shape index (κ1) is 18.9. The quantitative estimate of drug-likeness (QED) is 0.702. The molecule has 5 rings (SSSR count). The van der Waals surface area contributed by atoms with Gasteiger partial charge in [0.05, 0.1) is 0 Å². The summed E-state index contributed by atoms with van der Waals surface area (Å²) in [7, 11) is 0. The molecule has 3 fully saturated rings. The largest absolute Gasteiger partial charge is 0.433 e. The molecule has 0 aliphatic heterocycles. The lowest BCUT2D eigenvalue weighted by atomic mass is 9.35. The number of benzene rings is 1. The van der Waals surface area contributed by atoms with Crippen LogP contribution in [0.3, 0.4) is 0 Å². The van der Waals surface area contributed by atoms with E-state index < -0.39 is 11.9 Å². The van der Waals surface area contributed by atoms with E-state index in [1.807, 2.05) is 6.92 Å². The van der Waals surface area contributed by atoms with Gasteiger partial charge in [-0.25, -0.2) is 4.39 Å². The summed E-state index contributed by atoms with van der Waals surface area (Å²) in [6.07, 6.45) is -0.760. The maximum atomic E-state index is 13.0. The van der Waals surface area contributed by atoms with E-state index in [1.165, 1.54) is 18.2 Å². The number of hydrogen-bond acceptors (Lipinski definition) is 3. The molecule has 1 heterocycles. The lowest BCUT2D eigenvalue weighted by molar-refractivity contribution is -0.167. The lowest BCUT2D eigenvalue weighted by Gasteiger charge is -2.73. The van der Waals surface area contributed by atoms with Crippen molar-refractivity contribution < 1.29 is 22.4 Å². The van der Waals surface area contributed by atoms with E-state index in [9.17, 15) is 22.4 Å². The maximum Gasteiger partial charge on any atom is 0.433 e. The number of pyridine rings is 1. The summed E-state index contributed by atoms with van der Waals surface area (Å²) in [5.74, 6) is -0.353. The molecule has 1 aromatic heterocycles. The van der Waals surface area contributed by atoms with Crippen molar-refractivity contribution in [3.63, 3.8) is 0 Å². The maximum absolute atomic E-state index is 13.0. The molecule has 2 bridgehead atoms. The van der Waals surface area contributed by atoms with Crippen LogP contribution in [0.15, 0.2) is 42.6 Å². The molecule has 7 heteroatoms. The predicted molar refractivity (Wildman–Crippen MR) is 96.2 cm³/mol. The number of nitrogens with zero attached hydrogens (tertiary/aromatic N) is 1. The highest BCUT2D eigenvalue weighted by molar-refractivity contribution is 5.84. The molecule has 3 aliphatic carbocycles. The summed E-state index contributed by atoms with van der Waals surface area (Å²) in [6, 6.07) is 8.48. The lowest BCUT2D eigenvalue weighted by Crippen LogP contribution is -2.73. The number of alkyl halides is 3. The zero-order valence-electron chi connectivity index (χ0n) is 15.3. The predicted octanol–water partition coefficient (Wildman–Crippen LogP) is 5.02. The van der Waals surface area contributed by atoms with Crippen molar-refractivity contribution in [3.05, 3.63) is 59.7 Å². The Morgan fingerprint density at radius 2 is 1.82 bits per heavy atom. The fourth-order valence-electron chi connectivity index (χ4n) is 4.73. The number of halogens is 4. The van der Waals surface area contributed by atoms with Gasteiger partial charge in [0.1, 0.15) is 17.3 Å². The van der Waals surface area contributed by atoms with Crippen molar-refractivity contribution in [3.8, 4) is 0 Å². The van der Waals surface area contributed by atoms with Crippen LogP contribution in [-0.2, 0) is 17.4 Å². The minimum Gasteiger partial charge on any atom is -0.379 e. The number of Topliss-reactive ketones (excluding diaryl/α,β-unsaturated/α-hetero) is 1. The Labute approximate surface area is 160 Å². The topological polar surface area (TPSA) is 42.0 Å². The van der Waals surface area contributed by atoms with Gasteiger partial charge in [0.2, 0.25) is 0 Å². The van der Waals surface area contributed by atoms with Crippen LogP contribution in [-0.4, -0.2) is 16.3 Å². The fourth-order valence-corrected chi connectivity index (χ4v) is 4.73. The summed E-state index contributed by atoms with van der Waals surface area (Å²) >= 11 is 0. The second-order valence-electron chi connectivity index (χ2n) is 8.22. The minimum atomic E-state index is -4.47. The molecule has 148 valence electrons. The molecular formula is C21H20F4N2O. The summed E-state index contributed by atoms with van der Waals surface area (Å²) in [5, 5.41) is 3.21. The number of aromatic nitrogens is 1. The number of carbonyl (C=O) groups excluding carboxylic acids is 1. The molecule has 0 spiro atoms. The SMILES string of the molecule is CC(C(=O)Cc1ccc(F)cc1)C12CC(Nc3ccnc(C(F)(F)F)c3)(C1)C2. The van der Waals surface area contributed by atoms with Gasteiger partial charge in [-0.05, 0) is 54.5 Å². The van der Waals surface area contributed by atoms with Gasteiger partial charge in [-0.3, -0.25) is 9.78 Å². The Morgan fingerprint density at radius 3 is 2.43 bits per heavy atom. The zero-order chi connectivity index (χ0) is 20.2. The number of hydrogen-bond donors (Lipinski definition) is 1. The zero-order valence-corrected chi connectivity index (χ0v) is 15.3. The van der Waals surface area contributed by atoms with Crippen LogP contribution in [0.1, 0.15) is 37.4 Å². The molecular weight excluding hydrogens is 372 g/mol. The van der Waals surface area contributed by atoms with Gasteiger partial charge in [-0.1, -0.05) is 19.1 Å². The summed E-state index contributed by atoms with van der Waals surface area (Å²) in [5.41, 5.74) is -0.0322. The second kappa shape index (κ2) is 6.29. The Morgan fingerprint density at radius 1 is 1.18 bits per heavy atom. The average Bonchev–Trinajstić information content (AvgIpc) is 2.58. The Balaban J connectivity index is 1.36. The first-order valence-corrected chi connectivity index (χ1v) is 9.20. The van der Waals surface area contributed by atoms with Crippen molar-refractivity contribution in [1.29, 1.82) is 0 Å². The van der Waals surface area contributed by atoms with Gasteiger partial charge in [-0.15, -0.1) is 0 Å². The van der Waals surface area contributed by atoms with Gasteiger partial charge < -0.3 is 5.32 Å². The standard InChI is InChI=1S/C21H20F4N2O/c1-13(17(28)8-14-2-4-15(22)5-3-14)19-10-20(11-19,12-19)27-16-6-7-26-18(9-16)21(23,24)25/h2-7,9,13H,8,10-12H2,1H3,(H,26,27). The van der Waals surface area contributed by atoms with E-state index in [1.54, 1.807) is 12.1 Å². The van der Waals surface area contributed by atoms with Crippen molar-refractivity contribution in [2.24, 2.45) is 11.3 Å². The van der Waals surface area contributed by atoms with Crippen LogP contribution in [0.2, 0.25) is 0 Å². The number of carbonyl (C=O) groups is 1. The minimum absolute atomic E-state index is 0.0794. The van der Waals surface area contributed by atoms with E-state index in [4.69, 9.17) is 0 Å². The van der Waals surface area contributed by atoms with E-state index in [-0.39, 0.29) is 34.9 Å². The van der Waals surface area contributed by atoms with Gasteiger partial charge in [0.25, 0.3) is 0 Å². The number of rotatable bonds is 6. The summed E-state index contributed by atoms with van der Waals surface area (Å²) < 4.78 is 51.4. The Hall–Kier alpha value is -2.44. The second-order valence-corrected chi connectivity index (χ2v) is 8.22. The molecule has 2 aromatic rings. The van der Waals surface area contributed by atoms with Gasteiger partial charge >= 0.3 is 6.18 Å². The Bertz CT molecular complexity index is 888. The van der Waals surface area contributed by atoms with Crippen LogP contribution in [0.25, 0.3) is 0 Å². The molecule has 1 atom stereocenters. The average molecular weight is 392 g/mol. The molecule has 1 unspecified atom stereocenters. The Kier molecular flexibility index (Phi) is 4.25. The van der Waals surface area contributed by atoms with Crippen molar-refractivity contribution >= 4 is 11.5 Å².